The van der Waals surface area contributed by atoms with Crippen LogP contribution in [0.15, 0.2) is 168 Å². The summed E-state index contributed by atoms with van der Waals surface area (Å²) >= 11 is 0. The molecule has 0 fully saturated rings. The molecule has 0 atom stereocenters. The molecule has 0 bridgehead atoms. The zero-order chi connectivity index (χ0) is 31.2. The molecule has 0 aliphatic carbocycles. The van der Waals surface area contributed by atoms with Crippen molar-refractivity contribution in [2.75, 3.05) is 0 Å². The van der Waals surface area contributed by atoms with Crippen LogP contribution in [0.2, 0.25) is 0 Å². The van der Waals surface area contributed by atoms with E-state index in [1.54, 1.807) is 0 Å². The number of fused-ring (bicyclic) bond motifs is 4. The first kappa shape index (κ1) is 27.0. The minimum Gasteiger partial charge on any atom is -0.455 e. The highest BCUT2D eigenvalue weighted by molar-refractivity contribution is 6.12. The number of hydrogen-bond donors (Lipinski definition) is 0. The second kappa shape index (κ2) is 11.2. The summed E-state index contributed by atoms with van der Waals surface area (Å²) in [5, 5.41) is 4.42. The molecule has 220 valence electrons. The number of furan rings is 1. The molecule has 0 N–H and O–H groups in total. The maximum atomic E-state index is 6.57. The van der Waals surface area contributed by atoms with E-state index >= 15 is 0 Å². The van der Waals surface area contributed by atoms with E-state index in [1.165, 1.54) is 16.5 Å². The Hall–Kier alpha value is -6.39. The minimum atomic E-state index is 0.568. The SMILES string of the molecule is c1ccc(-c2ccc(-c3nc(-c4ccc(-c5ccccc5)cc4)nc(-c4cccc5c4oc4cc6ccccc6cc45)n3)cc2)cc1. The van der Waals surface area contributed by atoms with Crippen LogP contribution in [0, 0.1) is 0 Å². The molecule has 0 aliphatic heterocycles. The number of para-hydroxylation sites is 1. The molecule has 0 amide bonds. The van der Waals surface area contributed by atoms with Gasteiger partial charge in [0.2, 0.25) is 0 Å². The Morgan fingerprint density at radius 3 is 1.38 bits per heavy atom. The molecular formula is C43H27N3O. The van der Waals surface area contributed by atoms with Gasteiger partial charge in [0.1, 0.15) is 11.2 Å². The monoisotopic (exact) mass is 601 g/mol. The fourth-order valence-corrected chi connectivity index (χ4v) is 6.30. The van der Waals surface area contributed by atoms with E-state index in [0.29, 0.717) is 17.5 Å². The normalized spacial score (nSPS) is 11.4. The van der Waals surface area contributed by atoms with Gasteiger partial charge in [-0.2, -0.15) is 0 Å². The Bertz CT molecular complexity index is 2440. The topological polar surface area (TPSA) is 51.8 Å². The van der Waals surface area contributed by atoms with Crippen LogP contribution in [0.3, 0.4) is 0 Å². The van der Waals surface area contributed by atoms with Crippen molar-refractivity contribution in [3.05, 3.63) is 164 Å². The molecule has 0 spiro atoms. The summed E-state index contributed by atoms with van der Waals surface area (Å²) in [7, 11) is 0. The second-order valence-electron chi connectivity index (χ2n) is 11.7. The Labute approximate surface area is 271 Å². The zero-order valence-electron chi connectivity index (χ0n) is 25.3. The molecule has 9 aromatic rings. The third-order valence-electron chi connectivity index (χ3n) is 8.74. The summed E-state index contributed by atoms with van der Waals surface area (Å²) in [5.74, 6) is 1.78. The van der Waals surface area contributed by atoms with Gasteiger partial charge in [-0.05, 0) is 51.2 Å². The first-order valence-electron chi connectivity index (χ1n) is 15.7. The lowest BCUT2D eigenvalue weighted by molar-refractivity contribution is 0.670. The third kappa shape index (κ3) is 4.93. The molecule has 0 unspecified atom stereocenters. The standard InChI is InChI=1S/C43H27N3O/c1-3-10-28(11-4-1)30-18-22-32(23-19-30)41-44-42(33-24-20-31(21-25-33)29-12-5-2-6-13-29)46-43(45-41)37-17-9-16-36-38-26-34-14-7-8-15-35(34)27-39(38)47-40(36)37/h1-27H. The van der Waals surface area contributed by atoms with Crippen LogP contribution >= 0.6 is 0 Å². The highest BCUT2D eigenvalue weighted by atomic mass is 16.3. The van der Waals surface area contributed by atoms with Crippen molar-refractivity contribution in [2.24, 2.45) is 0 Å². The molecule has 0 saturated heterocycles. The predicted octanol–water partition coefficient (Wildman–Crippen LogP) is 11.3. The van der Waals surface area contributed by atoms with Crippen molar-refractivity contribution in [2.45, 2.75) is 0 Å². The number of benzene rings is 7. The summed E-state index contributed by atoms with van der Waals surface area (Å²) in [6.45, 7) is 0. The highest BCUT2D eigenvalue weighted by Gasteiger charge is 2.18. The van der Waals surface area contributed by atoms with Crippen LogP contribution in [-0.4, -0.2) is 15.0 Å². The number of aromatic nitrogens is 3. The lowest BCUT2D eigenvalue weighted by Gasteiger charge is -2.10. The van der Waals surface area contributed by atoms with Gasteiger partial charge >= 0.3 is 0 Å². The molecule has 0 saturated carbocycles. The van der Waals surface area contributed by atoms with Crippen molar-refractivity contribution < 1.29 is 4.42 Å². The molecule has 9 rings (SSSR count). The Kier molecular flexibility index (Phi) is 6.43. The van der Waals surface area contributed by atoms with Crippen LogP contribution in [0.5, 0.6) is 0 Å². The summed E-state index contributed by atoms with van der Waals surface area (Å²) in [5.41, 5.74) is 8.87. The lowest BCUT2D eigenvalue weighted by Crippen LogP contribution is -2.00. The minimum absolute atomic E-state index is 0.568. The number of rotatable bonds is 5. The molecule has 0 aliphatic rings. The Balaban J connectivity index is 1.21. The molecule has 47 heavy (non-hydrogen) atoms. The van der Waals surface area contributed by atoms with Crippen molar-refractivity contribution in [3.8, 4) is 56.4 Å². The smallest absolute Gasteiger partial charge is 0.167 e. The maximum absolute atomic E-state index is 6.57. The summed E-state index contributed by atoms with van der Waals surface area (Å²) < 4.78 is 6.57. The van der Waals surface area contributed by atoms with E-state index in [1.807, 2.05) is 24.3 Å². The van der Waals surface area contributed by atoms with Gasteiger partial charge in [0.25, 0.3) is 0 Å². The van der Waals surface area contributed by atoms with Gasteiger partial charge in [-0.15, -0.1) is 0 Å². The first-order chi connectivity index (χ1) is 23.3. The van der Waals surface area contributed by atoms with Crippen LogP contribution in [0.4, 0.5) is 0 Å². The zero-order valence-corrected chi connectivity index (χ0v) is 25.3. The molecule has 7 aromatic carbocycles. The summed E-state index contributed by atoms with van der Waals surface area (Å²) in [4.78, 5) is 15.1. The highest BCUT2D eigenvalue weighted by Crippen LogP contribution is 2.37. The molecule has 0 radical (unpaired) electrons. The fourth-order valence-electron chi connectivity index (χ4n) is 6.30. The molecular weight excluding hydrogens is 574 g/mol. The summed E-state index contributed by atoms with van der Waals surface area (Å²) in [6, 6.07) is 56.4. The quantitative estimate of drug-likeness (QED) is 0.197. The first-order valence-corrected chi connectivity index (χ1v) is 15.7. The fraction of sp³-hybridized carbons (Fsp3) is 0. The maximum Gasteiger partial charge on any atom is 0.167 e. The summed E-state index contributed by atoms with van der Waals surface area (Å²) in [6.07, 6.45) is 0. The molecule has 2 aromatic heterocycles. The van der Waals surface area contributed by atoms with Crippen LogP contribution in [-0.2, 0) is 0 Å². The molecule has 4 heteroatoms. The predicted molar refractivity (Wildman–Crippen MR) is 192 cm³/mol. The second-order valence-corrected chi connectivity index (χ2v) is 11.7. The van der Waals surface area contributed by atoms with E-state index in [-0.39, 0.29) is 0 Å². The molecule has 4 nitrogen and oxygen atoms in total. The average molecular weight is 602 g/mol. The van der Waals surface area contributed by atoms with Crippen LogP contribution in [0.1, 0.15) is 0 Å². The Morgan fingerprint density at radius 2 is 0.809 bits per heavy atom. The van der Waals surface area contributed by atoms with Crippen molar-refractivity contribution >= 4 is 32.7 Å². The van der Waals surface area contributed by atoms with E-state index in [9.17, 15) is 0 Å². The van der Waals surface area contributed by atoms with Crippen molar-refractivity contribution in [3.63, 3.8) is 0 Å². The van der Waals surface area contributed by atoms with Gasteiger partial charge in [-0.1, -0.05) is 146 Å². The lowest BCUT2D eigenvalue weighted by atomic mass is 10.0. The largest absolute Gasteiger partial charge is 0.455 e. The van der Waals surface area contributed by atoms with Gasteiger partial charge in [0.05, 0.1) is 5.56 Å². The number of nitrogens with zero attached hydrogens (tertiary/aromatic N) is 3. The van der Waals surface area contributed by atoms with E-state index in [2.05, 4.69) is 140 Å². The third-order valence-corrected chi connectivity index (χ3v) is 8.74. The van der Waals surface area contributed by atoms with Crippen LogP contribution < -0.4 is 0 Å². The van der Waals surface area contributed by atoms with Crippen LogP contribution in [0.25, 0.3) is 89.1 Å². The van der Waals surface area contributed by atoms with Crippen molar-refractivity contribution in [1.82, 2.24) is 15.0 Å². The van der Waals surface area contributed by atoms with E-state index in [4.69, 9.17) is 19.4 Å². The van der Waals surface area contributed by atoms with Gasteiger partial charge in [-0.25, -0.2) is 15.0 Å². The average Bonchev–Trinajstić information content (AvgIpc) is 3.52. The van der Waals surface area contributed by atoms with Gasteiger partial charge < -0.3 is 4.42 Å². The van der Waals surface area contributed by atoms with Crippen molar-refractivity contribution in [1.29, 1.82) is 0 Å². The van der Waals surface area contributed by atoms with E-state index in [0.717, 1.165) is 55.1 Å². The Morgan fingerprint density at radius 1 is 0.340 bits per heavy atom. The van der Waals surface area contributed by atoms with E-state index < -0.39 is 0 Å². The number of hydrogen-bond acceptors (Lipinski definition) is 4. The molecule has 2 heterocycles. The van der Waals surface area contributed by atoms with Gasteiger partial charge in [-0.3, -0.25) is 0 Å². The van der Waals surface area contributed by atoms with Gasteiger partial charge in [0, 0.05) is 21.9 Å². The van der Waals surface area contributed by atoms with Gasteiger partial charge in [0.15, 0.2) is 17.5 Å².